The highest BCUT2D eigenvalue weighted by molar-refractivity contribution is 7.89. The third-order valence-corrected chi connectivity index (χ3v) is 4.89. The van der Waals surface area contributed by atoms with Crippen molar-refractivity contribution in [1.29, 1.82) is 0 Å². The normalized spacial score (nSPS) is 24.3. The van der Waals surface area contributed by atoms with Crippen LogP contribution in [0.4, 0.5) is 0 Å². The number of β-amino-alcohol motifs (C(OH)–C–C–N with tert-alkyl or cyclic N) is 1. The fourth-order valence-corrected chi connectivity index (χ4v) is 3.75. The quantitative estimate of drug-likeness (QED) is 0.504. The molecule has 1 heterocycles. The lowest BCUT2D eigenvalue weighted by Crippen LogP contribution is -2.45. The summed E-state index contributed by atoms with van der Waals surface area (Å²) in [4.78, 5) is 11.5. The number of carbonyl (C=O) groups excluding carboxylic acids is 1. The number of aliphatic hydroxyl groups excluding tert-OH is 1. The number of aliphatic hydroxyl groups is 1. The predicted molar refractivity (Wildman–Crippen MR) is 64.7 cm³/mol. The molecule has 0 aliphatic carbocycles. The summed E-state index contributed by atoms with van der Waals surface area (Å²) in [6.07, 6.45) is -0.973. The van der Waals surface area contributed by atoms with Crippen LogP contribution in [0.15, 0.2) is 35.2 Å². The summed E-state index contributed by atoms with van der Waals surface area (Å²) in [5.74, 6) is -0.851. The van der Waals surface area contributed by atoms with Gasteiger partial charge in [0.2, 0.25) is 10.0 Å². The summed E-state index contributed by atoms with van der Waals surface area (Å²) >= 11 is 0. The van der Waals surface area contributed by atoms with Gasteiger partial charge >= 0.3 is 0 Å². The second-order valence-electron chi connectivity index (χ2n) is 4.27. The molecule has 0 aromatic heterocycles. The molecule has 0 radical (unpaired) electrons. The Morgan fingerprint density at radius 3 is 2.53 bits per heavy atom. The van der Waals surface area contributed by atoms with Gasteiger partial charge in [0, 0.05) is 13.0 Å². The monoisotopic (exact) mass is 286 g/mol. The van der Waals surface area contributed by atoms with Crippen LogP contribution in [-0.2, 0) is 14.8 Å². The second-order valence-corrected chi connectivity index (χ2v) is 6.16. The number of amides is 1. The second kappa shape index (κ2) is 5.25. The van der Waals surface area contributed by atoms with Crippen LogP contribution in [0.3, 0.4) is 0 Å². The smallest absolute Gasteiger partial charge is 0.261 e. The van der Waals surface area contributed by atoms with Gasteiger partial charge in [0.25, 0.3) is 5.91 Å². The number of hydroxylamine groups is 1. The van der Waals surface area contributed by atoms with Crippen LogP contribution in [0.5, 0.6) is 0 Å². The molecule has 1 aromatic carbocycles. The van der Waals surface area contributed by atoms with E-state index in [1.807, 2.05) is 0 Å². The number of benzene rings is 1. The van der Waals surface area contributed by atoms with Crippen molar-refractivity contribution in [3.63, 3.8) is 0 Å². The molecule has 0 spiro atoms. The van der Waals surface area contributed by atoms with Crippen LogP contribution in [0.1, 0.15) is 6.42 Å². The lowest BCUT2D eigenvalue weighted by molar-refractivity contribution is -0.132. The van der Waals surface area contributed by atoms with E-state index in [2.05, 4.69) is 0 Å². The molecule has 2 rings (SSSR count). The van der Waals surface area contributed by atoms with Crippen molar-refractivity contribution in [1.82, 2.24) is 9.79 Å². The Balaban J connectivity index is 2.36. The van der Waals surface area contributed by atoms with E-state index in [-0.39, 0.29) is 17.9 Å². The van der Waals surface area contributed by atoms with Gasteiger partial charge < -0.3 is 5.11 Å². The molecule has 1 aliphatic rings. The zero-order valence-corrected chi connectivity index (χ0v) is 10.7. The molecule has 0 saturated carbocycles. The maximum Gasteiger partial charge on any atom is 0.261 e. The summed E-state index contributed by atoms with van der Waals surface area (Å²) in [6, 6.07) is 6.53. The van der Waals surface area contributed by atoms with Gasteiger partial charge in [0.15, 0.2) is 0 Å². The van der Waals surface area contributed by atoms with E-state index in [1.54, 1.807) is 18.2 Å². The Morgan fingerprint density at radius 2 is 1.95 bits per heavy atom. The van der Waals surface area contributed by atoms with Crippen LogP contribution < -0.4 is 5.48 Å². The fourth-order valence-electron chi connectivity index (χ4n) is 2.09. The molecule has 1 saturated heterocycles. The van der Waals surface area contributed by atoms with Gasteiger partial charge in [-0.2, -0.15) is 4.31 Å². The molecule has 1 aromatic rings. The Morgan fingerprint density at radius 1 is 1.32 bits per heavy atom. The minimum Gasteiger partial charge on any atom is -0.392 e. The standard InChI is InChI=1S/C11H14N2O5S/c14-8-6-10(11(15)12-16)13(7-8)19(17,18)9-4-2-1-3-5-9/h1-5,8,10,14,16H,6-7H2,(H,12,15)/t8-,10+/m1/s1. The molecule has 0 unspecified atom stereocenters. The first-order valence-corrected chi connectivity index (χ1v) is 7.09. The minimum absolute atomic E-state index is 0.0415. The zero-order valence-electron chi connectivity index (χ0n) is 9.93. The van der Waals surface area contributed by atoms with Crippen LogP contribution in [0, 0.1) is 0 Å². The zero-order chi connectivity index (χ0) is 14.0. The molecule has 7 nitrogen and oxygen atoms in total. The average Bonchev–Trinajstić information content (AvgIpc) is 2.81. The highest BCUT2D eigenvalue weighted by Gasteiger charge is 2.43. The molecule has 104 valence electrons. The summed E-state index contributed by atoms with van der Waals surface area (Å²) in [5.41, 5.74) is 1.42. The maximum absolute atomic E-state index is 12.4. The van der Waals surface area contributed by atoms with E-state index in [0.29, 0.717) is 0 Å². The van der Waals surface area contributed by atoms with Gasteiger partial charge in [0.05, 0.1) is 11.0 Å². The third kappa shape index (κ3) is 2.61. The highest BCUT2D eigenvalue weighted by atomic mass is 32.2. The number of sulfonamides is 1. The number of carbonyl (C=O) groups is 1. The van der Waals surface area contributed by atoms with E-state index in [4.69, 9.17) is 5.21 Å². The van der Waals surface area contributed by atoms with E-state index in [0.717, 1.165) is 4.31 Å². The van der Waals surface area contributed by atoms with Crippen LogP contribution in [0.25, 0.3) is 0 Å². The largest absolute Gasteiger partial charge is 0.392 e. The molecule has 1 amide bonds. The number of rotatable bonds is 3. The first-order valence-electron chi connectivity index (χ1n) is 5.65. The van der Waals surface area contributed by atoms with Crippen molar-refractivity contribution in [2.75, 3.05) is 6.54 Å². The summed E-state index contributed by atoms with van der Waals surface area (Å²) in [5, 5.41) is 18.2. The summed E-state index contributed by atoms with van der Waals surface area (Å²) in [6.45, 7) is -0.171. The lowest BCUT2D eigenvalue weighted by Gasteiger charge is -2.21. The molecule has 19 heavy (non-hydrogen) atoms. The van der Waals surface area contributed by atoms with Crippen LogP contribution in [-0.4, -0.2) is 47.6 Å². The van der Waals surface area contributed by atoms with Crippen molar-refractivity contribution in [3.8, 4) is 0 Å². The third-order valence-electron chi connectivity index (χ3n) is 3.00. The molecule has 0 bridgehead atoms. The Kier molecular flexibility index (Phi) is 3.85. The molecule has 1 aliphatic heterocycles. The molecule has 1 fully saturated rings. The van der Waals surface area contributed by atoms with Gasteiger partial charge in [-0.1, -0.05) is 18.2 Å². The van der Waals surface area contributed by atoms with Crippen molar-refractivity contribution >= 4 is 15.9 Å². The van der Waals surface area contributed by atoms with Gasteiger partial charge in [-0.25, -0.2) is 13.9 Å². The highest BCUT2D eigenvalue weighted by Crippen LogP contribution is 2.26. The van der Waals surface area contributed by atoms with E-state index in [9.17, 15) is 18.3 Å². The molecular weight excluding hydrogens is 272 g/mol. The Labute approximate surface area is 110 Å². The topological polar surface area (TPSA) is 107 Å². The first kappa shape index (κ1) is 13.9. The Hall–Kier alpha value is -1.48. The average molecular weight is 286 g/mol. The lowest BCUT2D eigenvalue weighted by atomic mass is 10.2. The summed E-state index contributed by atoms with van der Waals surface area (Å²) < 4.78 is 25.6. The van der Waals surface area contributed by atoms with E-state index < -0.39 is 28.1 Å². The minimum atomic E-state index is -3.87. The first-order chi connectivity index (χ1) is 8.96. The molecule has 3 N–H and O–H groups in total. The SMILES string of the molecule is O=C(NO)[C@@H]1C[C@@H](O)CN1S(=O)(=O)c1ccccc1. The van der Waals surface area contributed by atoms with Crippen molar-refractivity contribution in [2.45, 2.75) is 23.5 Å². The van der Waals surface area contributed by atoms with Gasteiger partial charge in [0.1, 0.15) is 6.04 Å². The Bertz CT molecular complexity index is 560. The summed E-state index contributed by atoms with van der Waals surface area (Å²) in [7, 11) is -3.87. The van der Waals surface area contributed by atoms with Gasteiger partial charge in [-0.3, -0.25) is 10.0 Å². The maximum atomic E-state index is 12.4. The number of hydrogen-bond donors (Lipinski definition) is 3. The number of hydrogen-bond acceptors (Lipinski definition) is 5. The number of nitrogens with zero attached hydrogens (tertiary/aromatic N) is 1. The van der Waals surface area contributed by atoms with Crippen LogP contribution in [0.2, 0.25) is 0 Å². The van der Waals surface area contributed by atoms with Crippen molar-refractivity contribution in [3.05, 3.63) is 30.3 Å². The van der Waals surface area contributed by atoms with Gasteiger partial charge in [-0.15, -0.1) is 0 Å². The van der Waals surface area contributed by atoms with E-state index in [1.165, 1.54) is 17.6 Å². The number of nitrogens with one attached hydrogen (secondary N) is 1. The predicted octanol–water partition coefficient (Wildman–Crippen LogP) is -0.684. The fraction of sp³-hybridized carbons (Fsp3) is 0.364. The molecule has 8 heteroatoms. The molecule has 2 atom stereocenters. The van der Waals surface area contributed by atoms with Crippen LogP contribution >= 0.6 is 0 Å². The van der Waals surface area contributed by atoms with Crippen molar-refractivity contribution in [2.24, 2.45) is 0 Å². The van der Waals surface area contributed by atoms with Crippen molar-refractivity contribution < 1.29 is 23.5 Å². The van der Waals surface area contributed by atoms with Gasteiger partial charge in [-0.05, 0) is 12.1 Å². The van der Waals surface area contributed by atoms with E-state index >= 15 is 0 Å². The molecular formula is C11H14N2O5S.